The highest BCUT2D eigenvalue weighted by Gasteiger charge is 2.38. The number of nitrogens with one attached hydrogen (secondary N) is 2. The van der Waals surface area contributed by atoms with Gasteiger partial charge in [-0.2, -0.15) is 0 Å². The maximum Gasteiger partial charge on any atom is 0.329 e. The number of hydrogen-bond acceptors (Lipinski definition) is 4. The minimum absolute atomic E-state index is 0.0971. The maximum atomic E-state index is 13.0. The van der Waals surface area contributed by atoms with Crippen molar-refractivity contribution in [1.29, 1.82) is 0 Å². The van der Waals surface area contributed by atoms with E-state index in [0.717, 1.165) is 42.6 Å². The molecule has 0 spiro atoms. The summed E-state index contributed by atoms with van der Waals surface area (Å²) in [5, 5.41) is 15.1. The van der Waals surface area contributed by atoms with E-state index in [1.54, 1.807) is 19.9 Å². The molecule has 204 valence electrons. The summed E-state index contributed by atoms with van der Waals surface area (Å²) in [6.07, 6.45) is 9.59. The first kappa shape index (κ1) is 33.2. The summed E-state index contributed by atoms with van der Waals surface area (Å²) in [5.41, 5.74) is 1.03. The van der Waals surface area contributed by atoms with E-state index in [-0.39, 0.29) is 18.4 Å². The van der Waals surface area contributed by atoms with Crippen LogP contribution >= 0.6 is 0 Å². The molecular weight excluding hydrogens is 456 g/mol. The Bertz CT molecular complexity index is 848. The fourth-order valence-corrected chi connectivity index (χ4v) is 3.75. The molecular formula is C29H48N2O5. The van der Waals surface area contributed by atoms with Gasteiger partial charge in [-0.15, -0.1) is 0 Å². The summed E-state index contributed by atoms with van der Waals surface area (Å²) in [5.74, 6) is -1.55. The first-order valence-corrected chi connectivity index (χ1v) is 13.4. The number of carboxylic acids is 1. The quantitative estimate of drug-likeness (QED) is 0.137. The molecule has 7 heteroatoms. The molecule has 0 bridgehead atoms. The SMILES string of the molecule is C=CC1=C(C/C(OCCCCCC)=C(\C)CC)NC(=O)C(C(=O)NC(CC)(CC)C(=O)O)=CC1.CC. The molecule has 1 heterocycles. The van der Waals surface area contributed by atoms with Gasteiger partial charge in [0.1, 0.15) is 16.9 Å². The Balaban J connectivity index is 0.00000596. The van der Waals surface area contributed by atoms with Gasteiger partial charge in [0.15, 0.2) is 0 Å². The molecule has 1 aliphatic rings. The third-order valence-corrected chi connectivity index (χ3v) is 6.50. The molecule has 3 N–H and O–H groups in total. The lowest BCUT2D eigenvalue weighted by atomic mass is 9.92. The van der Waals surface area contributed by atoms with E-state index in [2.05, 4.69) is 31.1 Å². The summed E-state index contributed by atoms with van der Waals surface area (Å²) in [6, 6.07) is 0. The van der Waals surface area contributed by atoms with E-state index in [1.165, 1.54) is 12.5 Å². The number of allylic oxidation sites excluding steroid dienone is 4. The summed E-state index contributed by atoms with van der Waals surface area (Å²) in [6.45, 7) is 18.1. The first-order valence-electron chi connectivity index (χ1n) is 13.4. The zero-order chi connectivity index (χ0) is 27.7. The van der Waals surface area contributed by atoms with Gasteiger partial charge in [-0.1, -0.05) is 79.5 Å². The van der Waals surface area contributed by atoms with E-state index < -0.39 is 23.3 Å². The van der Waals surface area contributed by atoms with E-state index >= 15 is 0 Å². The smallest absolute Gasteiger partial charge is 0.329 e. The minimum atomic E-state index is -1.41. The zero-order valence-corrected chi connectivity index (χ0v) is 23.5. The van der Waals surface area contributed by atoms with Gasteiger partial charge >= 0.3 is 5.97 Å². The molecule has 0 saturated heterocycles. The molecule has 1 rings (SSSR count). The third-order valence-electron chi connectivity index (χ3n) is 6.50. The van der Waals surface area contributed by atoms with Crippen LogP contribution in [0, 0.1) is 0 Å². The minimum Gasteiger partial charge on any atom is -0.498 e. The average molecular weight is 505 g/mol. The van der Waals surface area contributed by atoms with Crippen molar-refractivity contribution in [3.63, 3.8) is 0 Å². The second kappa shape index (κ2) is 17.6. The van der Waals surface area contributed by atoms with Crippen molar-refractivity contribution >= 4 is 17.8 Å². The molecule has 7 nitrogen and oxygen atoms in total. The Morgan fingerprint density at radius 2 is 1.81 bits per heavy atom. The van der Waals surface area contributed by atoms with Crippen molar-refractivity contribution in [3.05, 3.63) is 46.9 Å². The molecule has 0 atom stereocenters. The fraction of sp³-hybridized carbons (Fsp3) is 0.621. The normalized spacial score (nSPS) is 14.4. The van der Waals surface area contributed by atoms with Crippen molar-refractivity contribution < 1.29 is 24.2 Å². The van der Waals surface area contributed by atoms with E-state index in [4.69, 9.17) is 4.74 Å². The number of unbranched alkanes of at least 4 members (excludes halogenated alkanes) is 3. The Hall–Kier alpha value is -2.83. The van der Waals surface area contributed by atoms with E-state index in [0.29, 0.717) is 25.1 Å². The van der Waals surface area contributed by atoms with Crippen LogP contribution in [0.2, 0.25) is 0 Å². The molecule has 1 aliphatic heterocycles. The van der Waals surface area contributed by atoms with Crippen LogP contribution in [0.3, 0.4) is 0 Å². The van der Waals surface area contributed by atoms with E-state index in [9.17, 15) is 19.5 Å². The van der Waals surface area contributed by atoms with Crippen LogP contribution in [0.5, 0.6) is 0 Å². The van der Waals surface area contributed by atoms with Gasteiger partial charge in [0.2, 0.25) is 0 Å². The molecule has 0 radical (unpaired) electrons. The van der Waals surface area contributed by atoms with Crippen LogP contribution in [0.1, 0.15) is 106 Å². The van der Waals surface area contributed by atoms with Crippen LogP contribution in [0.25, 0.3) is 0 Å². The zero-order valence-electron chi connectivity index (χ0n) is 23.5. The Morgan fingerprint density at radius 1 is 1.17 bits per heavy atom. The van der Waals surface area contributed by atoms with Gasteiger partial charge in [0.25, 0.3) is 11.8 Å². The van der Waals surface area contributed by atoms with E-state index in [1.807, 2.05) is 20.8 Å². The lowest BCUT2D eigenvalue weighted by Gasteiger charge is -2.28. The lowest BCUT2D eigenvalue weighted by Crippen LogP contribution is -2.54. The van der Waals surface area contributed by atoms with Crippen LogP contribution in [-0.4, -0.2) is 35.0 Å². The maximum absolute atomic E-state index is 13.0. The molecule has 0 aliphatic carbocycles. The van der Waals surface area contributed by atoms with Gasteiger partial charge in [-0.05, 0) is 50.2 Å². The Morgan fingerprint density at radius 3 is 2.31 bits per heavy atom. The largest absolute Gasteiger partial charge is 0.498 e. The van der Waals surface area contributed by atoms with Crippen molar-refractivity contribution in [1.82, 2.24) is 10.6 Å². The second-order valence-electron chi connectivity index (χ2n) is 8.68. The number of carbonyl (C=O) groups is 3. The number of aliphatic carboxylic acids is 1. The van der Waals surface area contributed by atoms with Crippen LogP contribution < -0.4 is 10.6 Å². The molecule has 36 heavy (non-hydrogen) atoms. The predicted molar refractivity (Wildman–Crippen MR) is 146 cm³/mol. The molecule has 0 aromatic rings. The van der Waals surface area contributed by atoms with Crippen molar-refractivity contribution in [2.75, 3.05) is 6.61 Å². The molecule has 2 amide bonds. The van der Waals surface area contributed by atoms with Crippen LogP contribution in [0.4, 0.5) is 0 Å². The van der Waals surface area contributed by atoms with Gasteiger partial charge in [0.05, 0.1) is 6.61 Å². The standard InChI is InChI=1S/C27H42N2O5.C2H6/c1-7-12-13-14-17-34-23(19(6)8-2)18-22-20(9-3)15-16-21(24(30)28-22)25(31)29-27(10-4,11-5)26(32)33;1-2/h9,16H,3,7-8,10-15,17-18H2,1-2,4-6H3,(H,28,30)(H,29,31)(H,32,33);1-2H3/b23-19-;. The number of amides is 2. The Labute approximate surface area is 218 Å². The number of carbonyl (C=O) groups excluding carboxylic acids is 2. The van der Waals surface area contributed by atoms with Gasteiger partial charge in [0, 0.05) is 12.1 Å². The number of hydrogen-bond donors (Lipinski definition) is 3. The summed E-state index contributed by atoms with van der Waals surface area (Å²) >= 11 is 0. The summed E-state index contributed by atoms with van der Waals surface area (Å²) in [4.78, 5) is 37.7. The average Bonchev–Trinajstić information content (AvgIpc) is 3.04. The fourth-order valence-electron chi connectivity index (χ4n) is 3.75. The first-order chi connectivity index (χ1) is 17.2. The van der Waals surface area contributed by atoms with Crippen molar-refractivity contribution in [2.45, 2.75) is 112 Å². The number of carboxylic acid groups (broad SMARTS) is 1. The van der Waals surface area contributed by atoms with Crippen molar-refractivity contribution in [3.8, 4) is 0 Å². The second-order valence-corrected chi connectivity index (χ2v) is 8.68. The molecule has 0 unspecified atom stereocenters. The summed E-state index contributed by atoms with van der Waals surface area (Å²) < 4.78 is 6.11. The molecule has 0 fully saturated rings. The lowest BCUT2D eigenvalue weighted by molar-refractivity contribution is -0.147. The van der Waals surface area contributed by atoms with Crippen molar-refractivity contribution in [2.24, 2.45) is 0 Å². The third kappa shape index (κ3) is 9.67. The van der Waals surface area contributed by atoms with Crippen LogP contribution in [0.15, 0.2) is 46.9 Å². The molecule has 0 aromatic heterocycles. The molecule has 0 saturated carbocycles. The highest BCUT2D eigenvalue weighted by molar-refractivity contribution is 6.19. The highest BCUT2D eigenvalue weighted by atomic mass is 16.5. The number of ether oxygens (including phenoxy) is 1. The highest BCUT2D eigenvalue weighted by Crippen LogP contribution is 2.25. The van der Waals surface area contributed by atoms with Gasteiger partial charge in [-0.25, -0.2) is 4.79 Å². The topological polar surface area (TPSA) is 105 Å². The monoisotopic (exact) mass is 504 g/mol. The Kier molecular flexibility index (Phi) is 16.2. The molecule has 0 aromatic carbocycles. The van der Waals surface area contributed by atoms with Crippen LogP contribution in [-0.2, 0) is 19.1 Å². The summed E-state index contributed by atoms with van der Waals surface area (Å²) in [7, 11) is 0. The van der Waals surface area contributed by atoms with Gasteiger partial charge in [-0.3, -0.25) is 9.59 Å². The number of rotatable bonds is 15. The predicted octanol–water partition coefficient (Wildman–Crippen LogP) is 6.33. The van der Waals surface area contributed by atoms with Gasteiger partial charge < -0.3 is 20.5 Å².